The lowest BCUT2D eigenvalue weighted by Crippen LogP contribution is -2.19. The molecule has 0 aliphatic carbocycles. The zero-order chi connectivity index (χ0) is 13.8. The lowest BCUT2D eigenvalue weighted by Gasteiger charge is -2.10. The average molecular weight is 295 g/mol. The van der Waals surface area contributed by atoms with Gasteiger partial charge >= 0.3 is 6.03 Å². The van der Waals surface area contributed by atoms with Gasteiger partial charge in [0.15, 0.2) is 0 Å². The first-order chi connectivity index (χ1) is 9.06. The van der Waals surface area contributed by atoms with Crippen LogP contribution in [-0.2, 0) is 0 Å². The van der Waals surface area contributed by atoms with Gasteiger partial charge in [-0.3, -0.25) is 0 Å². The van der Waals surface area contributed by atoms with Crippen LogP contribution in [0.4, 0.5) is 16.2 Å². The number of anilines is 2. The summed E-state index contributed by atoms with van der Waals surface area (Å²) in [4.78, 5) is 11.8. The Morgan fingerprint density at radius 1 is 1.05 bits per heavy atom. The molecule has 3 nitrogen and oxygen atoms in total. The van der Waals surface area contributed by atoms with Crippen LogP contribution in [0.3, 0.4) is 0 Å². The van der Waals surface area contributed by atoms with Crippen molar-refractivity contribution in [1.29, 1.82) is 0 Å². The number of urea groups is 1. The van der Waals surface area contributed by atoms with E-state index >= 15 is 0 Å². The van der Waals surface area contributed by atoms with Gasteiger partial charge in [0.1, 0.15) is 0 Å². The fourth-order valence-electron chi connectivity index (χ4n) is 1.61. The van der Waals surface area contributed by atoms with Crippen molar-refractivity contribution in [3.63, 3.8) is 0 Å². The predicted octanol–water partition coefficient (Wildman–Crippen LogP) is 4.95. The Hall–Kier alpha value is -1.71. The molecule has 0 heterocycles. The Morgan fingerprint density at radius 2 is 1.79 bits per heavy atom. The van der Waals surface area contributed by atoms with Gasteiger partial charge < -0.3 is 10.6 Å². The second-order valence-corrected chi connectivity index (χ2v) is 4.84. The molecular formula is C14H12Cl2N2O. The van der Waals surface area contributed by atoms with Crippen molar-refractivity contribution in [2.75, 3.05) is 10.6 Å². The van der Waals surface area contributed by atoms with E-state index in [1.807, 2.05) is 31.2 Å². The molecular weight excluding hydrogens is 283 g/mol. The van der Waals surface area contributed by atoms with Crippen molar-refractivity contribution in [1.82, 2.24) is 0 Å². The van der Waals surface area contributed by atoms with Crippen LogP contribution >= 0.6 is 23.2 Å². The first-order valence-electron chi connectivity index (χ1n) is 5.65. The van der Waals surface area contributed by atoms with Crippen LogP contribution in [0.15, 0.2) is 42.5 Å². The highest BCUT2D eigenvalue weighted by atomic mass is 35.5. The zero-order valence-corrected chi connectivity index (χ0v) is 11.7. The van der Waals surface area contributed by atoms with Crippen LogP contribution in [0.1, 0.15) is 5.56 Å². The van der Waals surface area contributed by atoms with Crippen molar-refractivity contribution in [3.8, 4) is 0 Å². The van der Waals surface area contributed by atoms with E-state index in [1.54, 1.807) is 18.2 Å². The number of halogens is 2. The molecule has 2 N–H and O–H groups in total. The molecule has 2 rings (SSSR count). The van der Waals surface area contributed by atoms with Crippen LogP contribution < -0.4 is 10.6 Å². The number of aryl methyl sites for hydroxylation is 1. The standard InChI is InChI=1S/C14H12Cl2N2O/c1-9-4-2-5-10(8-9)17-14(19)18-12-7-3-6-11(15)13(12)16/h2-8H,1H3,(H2,17,18,19). The summed E-state index contributed by atoms with van der Waals surface area (Å²) in [5.74, 6) is 0. The van der Waals surface area contributed by atoms with Crippen molar-refractivity contribution in [3.05, 3.63) is 58.1 Å². The highest BCUT2D eigenvalue weighted by Gasteiger charge is 2.08. The van der Waals surface area contributed by atoms with Gasteiger partial charge in [0.2, 0.25) is 0 Å². The maximum atomic E-state index is 11.8. The fraction of sp³-hybridized carbons (Fsp3) is 0.0714. The molecule has 0 saturated heterocycles. The summed E-state index contributed by atoms with van der Waals surface area (Å²) in [5.41, 5.74) is 2.26. The summed E-state index contributed by atoms with van der Waals surface area (Å²) in [5, 5.41) is 6.10. The molecule has 0 spiro atoms. The number of amides is 2. The van der Waals surface area contributed by atoms with Crippen molar-refractivity contribution < 1.29 is 4.79 Å². The number of carbonyl (C=O) groups excluding carboxylic acids is 1. The fourth-order valence-corrected chi connectivity index (χ4v) is 1.96. The Labute approximate surface area is 121 Å². The van der Waals surface area contributed by atoms with E-state index < -0.39 is 0 Å². The maximum Gasteiger partial charge on any atom is 0.323 e. The summed E-state index contributed by atoms with van der Waals surface area (Å²) in [6.45, 7) is 1.96. The first kappa shape index (κ1) is 13.7. The molecule has 5 heteroatoms. The second kappa shape index (κ2) is 5.95. The minimum Gasteiger partial charge on any atom is -0.308 e. The minimum absolute atomic E-state index is 0.323. The number of rotatable bonds is 2. The van der Waals surface area contributed by atoms with E-state index in [1.165, 1.54) is 0 Å². The van der Waals surface area contributed by atoms with Gasteiger partial charge in [0, 0.05) is 5.69 Å². The number of carbonyl (C=O) groups is 1. The van der Waals surface area contributed by atoms with Gasteiger partial charge in [-0.2, -0.15) is 0 Å². The number of benzene rings is 2. The predicted molar refractivity (Wildman–Crippen MR) is 80.3 cm³/mol. The van der Waals surface area contributed by atoms with Crippen LogP contribution in [0.2, 0.25) is 10.0 Å². The second-order valence-electron chi connectivity index (χ2n) is 4.05. The summed E-state index contributed by atoms with van der Waals surface area (Å²) in [7, 11) is 0. The molecule has 0 radical (unpaired) electrons. The summed E-state index contributed by atoms with van der Waals surface area (Å²) >= 11 is 11.9. The SMILES string of the molecule is Cc1cccc(NC(=O)Nc2cccc(Cl)c2Cl)c1. The summed E-state index contributed by atoms with van der Waals surface area (Å²) < 4.78 is 0. The molecule has 98 valence electrons. The quantitative estimate of drug-likeness (QED) is 0.809. The van der Waals surface area contributed by atoms with Crippen LogP contribution in [0.25, 0.3) is 0 Å². The molecule has 2 aromatic carbocycles. The van der Waals surface area contributed by atoms with E-state index in [0.29, 0.717) is 15.7 Å². The zero-order valence-electron chi connectivity index (χ0n) is 10.2. The van der Waals surface area contributed by atoms with Gasteiger partial charge in [0.25, 0.3) is 0 Å². The number of hydrogen-bond donors (Lipinski definition) is 2. The van der Waals surface area contributed by atoms with Crippen LogP contribution in [0, 0.1) is 6.92 Å². The minimum atomic E-state index is -0.366. The Bertz CT molecular complexity index is 614. The average Bonchev–Trinajstić information content (AvgIpc) is 2.35. The van der Waals surface area contributed by atoms with Crippen molar-refractivity contribution in [2.45, 2.75) is 6.92 Å². The highest BCUT2D eigenvalue weighted by Crippen LogP contribution is 2.29. The summed E-state index contributed by atoms with van der Waals surface area (Å²) in [6, 6.07) is 12.2. The van der Waals surface area contributed by atoms with Crippen molar-refractivity contribution >= 4 is 40.6 Å². The Balaban J connectivity index is 2.08. The lowest BCUT2D eigenvalue weighted by atomic mass is 10.2. The summed E-state index contributed by atoms with van der Waals surface area (Å²) in [6.07, 6.45) is 0. The van der Waals surface area contributed by atoms with Gasteiger partial charge in [-0.25, -0.2) is 4.79 Å². The van der Waals surface area contributed by atoms with Gasteiger partial charge in [-0.15, -0.1) is 0 Å². The van der Waals surface area contributed by atoms with Gasteiger partial charge in [0.05, 0.1) is 15.7 Å². The third kappa shape index (κ3) is 3.63. The molecule has 0 unspecified atom stereocenters. The van der Waals surface area contributed by atoms with E-state index in [0.717, 1.165) is 11.3 Å². The van der Waals surface area contributed by atoms with Gasteiger partial charge in [-0.1, -0.05) is 41.4 Å². The Morgan fingerprint density at radius 3 is 2.53 bits per heavy atom. The van der Waals surface area contributed by atoms with Gasteiger partial charge in [-0.05, 0) is 36.8 Å². The van der Waals surface area contributed by atoms with E-state index in [2.05, 4.69) is 10.6 Å². The topological polar surface area (TPSA) is 41.1 Å². The van der Waals surface area contributed by atoms with Crippen LogP contribution in [-0.4, -0.2) is 6.03 Å². The van der Waals surface area contributed by atoms with E-state index in [-0.39, 0.29) is 6.03 Å². The van der Waals surface area contributed by atoms with E-state index in [9.17, 15) is 4.79 Å². The van der Waals surface area contributed by atoms with Crippen LogP contribution in [0.5, 0.6) is 0 Å². The number of hydrogen-bond acceptors (Lipinski definition) is 1. The molecule has 0 aromatic heterocycles. The molecule has 2 aromatic rings. The Kier molecular flexibility index (Phi) is 4.30. The molecule has 0 atom stereocenters. The molecule has 2 amide bonds. The highest BCUT2D eigenvalue weighted by molar-refractivity contribution is 6.44. The molecule has 19 heavy (non-hydrogen) atoms. The molecule has 0 saturated carbocycles. The maximum absolute atomic E-state index is 11.8. The smallest absolute Gasteiger partial charge is 0.308 e. The third-order valence-electron chi connectivity index (χ3n) is 2.48. The van der Waals surface area contributed by atoms with E-state index in [4.69, 9.17) is 23.2 Å². The molecule has 0 fully saturated rings. The monoisotopic (exact) mass is 294 g/mol. The molecule has 0 aliphatic rings. The molecule has 0 bridgehead atoms. The number of nitrogens with one attached hydrogen (secondary N) is 2. The lowest BCUT2D eigenvalue weighted by molar-refractivity contribution is 0.262. The largest absolute Gasteiger partial charge is 0.323 e. The normalized spacial score (nSPS) is 10.1. The first-order valence-corrected chi connectivity index (χ1v) is 6.40. The molecule has 0 aliphatic heterocycles. The van der Waals surface area contributed by atoms with Crippen molar-refractivity contribution in [2.24, 2.45) is 0 Å². The third-order valence-corrected chi connectivity index (χ3v) is 3.29.